The number of amides is 4. The standard InChI is InChI=1S/C24H37N5O7/c1-12(2)9-17(27-21(32)16(25)11-19(26)31)22(33)28-18(10-14-5-7-15(30)8-6-14)23(34)29-20(13(3)4)24(35)36/h5-8,12-13,16-18,20,30H,9-11,25H2,1-4H3,(H2,26,31)(H,27,32)(H,28,33)(H,29,34)(H,35,36). The van der Waals surface area contributed by atoms with Crippen LogP contribution in [0.3, 0.4) is 0 Å². The second-order valence-electron chi connectivity index (χ2n) is 9.47. The minimum Gasteiger partial charge on any atom is -0.508 e. The molecule has 9 N–H and O–H groups in total. The molecule has 1 aromatic rings. The molecular formula is C24H37N5O7. The summed E-state index contributed by atoms with van der Waals surface area (Å²) in [6.45, 7) is 6.93. The van der Waals surface area contributed by atoms with Crippen molar-refractivity contribution in [3.8, 4) is 5.75 Å². The van der Waals surface area contributed by atoms with Gasteiger partial charge in [0.05, 0.1) is 12.5 Å². The van der Waals surface area contributed by atoms with Crippen molar-refractivity contribution in [1.82, 2.24) is 16.0 Å². The fourth-order valence-electron chi connectivity index (χ4n) is 3.41. The zero-order valence-corrected chi connectivity index (χ0v) is 21.0. The van der Waals surface area contributed by atoms with Crippen LogP contribution in [0.25, 0.3) is 0 Å². The highest BCUT2D eigenvalue weighted by molar-refractivity contribution is 5.95. The maximum atomic E-state index is 13.2. The van der Waals surface area contributed by atoms with Gasteiger partial charge in [-0.25, -0.2) is 4.79 Å². The van der Waals surface area contributed by atoms with Crippen LogP contribution < -0.4 is 27.4 Å². The lowest BCUT2D eigenvalue weighted by atomic mass is 9.99. The zero-order chi connectivity index (χ0) is 27.6. The number of phenolic OH excluding ortho intramolecular Hbond substituents is 1. The Labute approximate surface area is 210 Å². The number of hydrogen-bond donors (Lipinski definition) is 7. The van der Waals surface area contributed by atoms with Crippen LogP contribution in [0.4, 0.5) is 0 Å². The van der Waals surface area contributed by atoms with Gasteiger partial charge >= 0.3 is 5.97 Å². The average Bonchev–Trinajstić information content (AvgIpc) is 2.76. The summed E-state index contributed by atoms with van der Waals surface area (Å²) in [7, 11) is 0. The summed E-state index contributed by atoms with van der Waals surface area (Å²) < 4.78 is 0. The van der Waals surface area contributed by atoms with E-state index in [1.54, 1.807) is 26.0 Å². The van der Waals surface area contributed by atoms with Crippen LogP contribution in [0.5, 0.6) is 5.75 Å². The van der Waals surface area contributed by atoms with Crippen LogP contribution in [0.1, 0.15) is 46.1 Å². The number of nitrogens with one attached hydrogen (secondary N) is 3. The van der Waals surface area contributed by atoms with Gasteiger partial charge in [0, 0.05) is 6.42 Å². The molecule has 0 aromatic heterocycles. The van der Waals surface area contributed by atoms with E-state index in [4.69, 9.17) is 11.5 Å². The summed E-state index contributed by atoms with van der Waals surface area (Å²) in [5, 5.41) is 26.5. The van der Waals surface area contributed by atoms with Crippen molar-refractivity contribution >= 4 is 29.6 Å². The summed E-state index contributed by atoms with van der Waals surface area (Å²) in [5.74, 6) is -4.59. The van der Waals surface area contributed by atoms with Crippen LogP contribution in [0.2, 0.25) is 0 Å². The molecule has 0 heterocycles. The highest BCUT2D eigenvalue weighted by atomic mass is 16.4. The lowest BCUT2D eigenvalue weighted by Crippen LogP contribution is -2.58. The van der Waals surface area contributed by atoms with Gasteiger partial charge in [0.1, 0.15) is 23.9 Å². The number of phenols is 1. The molecule has 0 saturated carbocycles. The van der Waals surface area contributed by atoms with Gasteiger partial charge in [-0.05, 0) is 36.0 Å². The topological polar surface area (TPSA) is 214 Å². The number of aromatic hydroxyl groups is 1. The molecule has 0 aliphatic rings. The quantitative estimate of drug-likeness (QED) is 0.172. The van der Waals surface area contributed by atoms with Crippen molar-refractivity contribution in [2.24, 2.45) is 23.3 Å². The lowest BCUT2D eigenvalue weighted by molar-refractivity contribution is -0.143. The molecule has 1 aromatic carbocycles. The van der Waals surface area contributed by atoms with Gasteiger partial charge in [0.25, 0.3) is 0 Å². The minimum absolute atomic E-state index is 0.00811. The number of rotatable bonds is 14. The van der Waals surface area contributed by atoms with Crippen LogP contribution in [-0.2, 0) is 30.4 Å². The van der Waals surface area contributed by atoms with E-state index < -0.39 is 66.1 Å². The second kappa shape index (κ2) is 14.0. The molecule has 36 heavy (non-hydrogen) atoms. The third kappa shape index (κ3) is 10.3. The molecule has 0 aliphatic carbocycles. The maximum Gasteiger partial charge on any atom is 0.326 e. The largest absolute Gasteiger partial charge is 0.508 e. The first kappa shape index (κ1) is 30.4. The molecule has 0 fully saturated rings. The van der Waals surface area contributed by atoms with Crippen LogP contribution >= 0.6 is 0 Å². The number of carboxylic acid groups (broad SMARTS) is 1. The highest BCUT2D eigenvalue weighted by Crippen LogP contribution is 2.13. The van der Waals surface area contributed by atoms with E-state index in [1.165, 1.54) is 12.1 Å². The molecule has 4 atom stereocenters. The number of nitrogens with two attached hydrogens (primary N) is 2. The van der Waals surface area contributed by atoms with Crippen molar-refractivity contribution in [3.05, 3.63) is 29.8 Å². The van der Waals surface area contributed by atoms with Gasteiger partial charge in [-0.2, -0.15) is 0 Å². The zero-order valence-electron chi connectivity index (χ0n) is 21.0. The molecule has 0 aliphatic heterocycles. The Kier molecular flexibility index (Phi) is 11.8. The molecule has 0 spiro atoms. The highest BCUT2D eigenvalue weighted by Gasteiger charge is 2.32. The molecule has 0 saturated heterocycles. The fourth-order valence-corrected chi connectivity index (χ4v) is 3.41. The predicted molar refractivity (Wildman–Crippen MR) is 131 cm³/mol. The Morgan fingerprint density at radius 3 is 1.86 bits per heavy atom. The van der Waals surface area contributed by atoms with Gasteiger partial charge in [-0.1, -0.05) is 39.8 Å². The molecule has 200 valence electrons. The summed E-state index contributed by atoms with van der Waals surface area (Å²) in [5.41, 5.74) is 11.4. The van der Waals surface area contributed by atoms with E-state index >= 15 is 0 Å². The minimum atomic E-state index is -1.25. The van der Waals surface area contributed by atoms with Crippen LogP contribution in [0, 0.1) is 11.8 Å². The van der Waals surface area contributed by atoms with Gasteiger partial charge in [-0.3, -0.25) is 19.2 Å². The summed E-state index contributed by atoms with van der Waals surface area (Å²) in [4.78, 5) is 61.3. The number of aliphatic carboxylic acids is 1. The molecule has 4 amide bonds. The summed E-state index contributed by atoms with van der Waals surface area (Å²) >= 11 is 0. The van der Waals surface area contributed by atoms with E-state index in [1.807, 2.05) is 13.8 Å². The van der Waals surface area contributed by atoms with Crippen LogP contribution in [0.15, 0.2) is 24.3 Å². The molecular weight excluding hydrogens is 470 g/mol. The van der Waals surface area contributed by atoms with Crippen molar-refractivity contribution in [2.45, 2.75) is 71.1 Å². The Morgan fingerprint density at radius 1 is 0.861 bits per heavy atom. The molecule has 4 unspecified atom stereocenters. The number of carboxylic acids is 1. The van der Waals surface area contributed by atoms with Crippen molar-refractivity contribution in [3.63, 3.8) is 0 Å². The SMILES string of the molecule is CC(C)CC(NC(=O)C(N)CC(N)=O)C(=O)NC(Cc1ccc(O)cc1)C(=O)NC(C(=O)O)C(C)C. The first-order valence-corrected chi connectivity index (χ1v) is 11.7. The smallest absolute Gasteiger partial charge is 0.326 e. The average molecular weight is 508 g/mol. The number of primary amides is 1. The third-order valence-electron chi connectivity index (χ3n) is 5.34. The fraction of sp³-hybridized carbons (Fsp3) is 0.542. The Bertz CT molecular complexity index is 933. The Balaban J connectivity index is 3.16. The van der Waals surface area contributed by atoms with Gasteiger partial charge < -0.3 is 37.6 Å². The van der Waals surface area contributed by atoms with Gasteiger partial charge in [0.2, 0.25) is 23.6 Å². The van der Waals surface area contributed by atoms with E-state index in [2.05, 4.69) is 16.0 Å². The molecule has 12 nitrogen and oxygen atoms in total. The van der Waals surface area contributed by atoms with E-state index in [0.29, 0.717) is 5.56 Å². The monoisotopic (exact) mass is 507 g/mol. The first-order chi connectivity index (χ1) is 16.7. The normalized spacial score (nSPS) is 14.4. The van der Waals surface area contributed by atoms with Gasteiger partial charge in [0.15, 0.2) is 0 Å². The van der Waals surface area contributed by atoms with E-state index in [-0.39, 0.29) is 24.5 Å². The second-order valence-corrected chi connectivity index (χ2v) is 9.47. The molecule has 1 rings (SSSR count). The summed E-state index contributed by atoms with van der Waals surface area (Å²) in [6.07, 6.45) is -0.205. The Hall–Kier alpha value is -3.67. The predicted octanol–water partition coefficient (Wildman–Crippen LogP) is -0.621. The van der Waals surface area contributed by atoms with E-state index in [0.717, 1.165) is 0 Å². The molecule has 0 bridgehead atoms. The maximum absolute atomic E-state index is 13.2. The third-order valence-corrected chi connectivity index (χ3v) is 5.34. The van der Waals surface area contributed by atoms with Crippen molar-refractivity contribution in [1.29, 1.82) is 0 Å². The van der Waals surface area contributed by atoms with Gasteiger partial charge in [-0.15, -0.1) is 0 Å². The van der Waals surface area contributed by atoms with E-state index in [9.17, 15) is 34.2 Å². The first-order valence-electron chi connectivity index (χ1n) is 11.7. The number of benzene rings is 1. The number of hydrogen-bond acceptors (Lipinski definition) is 7. The molecule has 0 radical (unpaired) electrons. The van der Waals surface area contributed by atoms with Crippen molar-refractivity contribution < 1.29 is 34.2 Å². The Morgan fingerprint density at radius 2 is 1.39 bits per heavy atom. The summed E-state index contributed by atoms with van der Waals surface area (Å²) in [6, 6.07) is 1.27. The lowest BCUT2D eigenvalue weighted by Gasteiger charge is -2.26. The molecule has 12 heteroatoms. The number of carbonyl (C=O) groups excluding carboxylic acids is 4. The number of carbonyl (C=O) groups is 5. The van der Waals surface area contributed by atoms with Crippen molar-refractivity contribution in [2.75, 3.05) is 0 Å². The van der Waals surface area contributed by atoms with Crippen LogP contribution in [-0.4, -0.2) is 64.0 Å².